The van der Waals surface area contributed by atoms with Gasteiger partial charge in [0.1, 0.15) is 0 Å². The lowest BCUT2D eigenvalue weighted by molar-refractivity contribution is -0.315. The third-order valence-corrected chi connectivity index (χ3v) is 5.16. The van der Waals surface area contributed by atoms with Crippen molar-refractivity contribution in [1.82, 2.24) is 10.3 Å². The van der Waals surface area contributed by atoms with Gasteiger partial charge in [0.15, 0.2) is 5.54 Å². The number of ether oxygens (including phenoxy) is 3. The van der Waals surface area contributed by atoms with Crippen molar-refractivity contribution in [3.8, 4) is 0 Å². The first-order chi connectivity index (χ1) is 13.5. The van der Waals surface area contributed by atoms with Gasteiger partial charge in [-0.1, -0.05) is 12.1 Å². The molecule has 1 aliphatic heterocycles. The number of hydrogen-bond donors (Lipinski definition) is 2. The van der Waals surface area contributed by atoms with Gasteiger partial charge in [-0.25, -0.2) is 4.79 Å². The second-order valence-corrected chi connectivity index (χ2v) is 6.67. The van der Waals surface area contributed by atoms with E-state index in [1.807, 2.05) is 25.1 Å². The second-order valence-electron chi connectivity index (χ2n) is 6.67. The highest BCUT2D eigenvalue weighted by Gasteiger charge is 2.53. The number of aliphatic carboxylic acids is 1. The van der Waals surface area contributed by atoms with Crippen molar-refractivity contribution >= 4 is 22.8 Å². The fourth-order valence-electron chi connectivity index (χ4n) is 3.96. The summed E-state index contributed by atoms with van der Waals surface area (Å²) in [5.74, 6) is -3.24. The SMILES string of the molecule is CCOCc1cccc2[nH]c3c(c12)C(COC)C(C(=O)[O-])(C(=O)OCC)NC3. The zero-order valence-corrected chi connectivity index (χ0v) is 16.3. The number of hydrogen-bond acceptors (Lipinski definition) is 7. The van der Waals surface area contributed by atoms with Gasteiger partial charge in [-0.3, -0.25) is 5.32 Å². The molecule has 2 heterocycles. The molecule has 8 nitrogen and oxygen atoms in total. The first-order valence-electron chi connectivity index (χ1n) is 9.33. The van der Waals surface area contributed by atoms with Gasteiger partial charge in [-0.05, 0) is 31.0 Å². The number of H-pyrrole nitrogens is 1. The normalized spacial score (nSPS) is 21.5. The van der Waals surface area contributed by atoms with E-state index in [0.29, 0.717) is 13.2 Å². The van der Waals surface area contributed by atoms with Crippen molar-refractivity contribution in [3.63, 3.8) is 0 Å². The third-order valence-electron chi connectivity index (χ3n) is 5.16. The Morgan fingerprint density at radius 1 is 1.29 bits per heavy atom. The Morgan fingerprint density at radius 3 is 2.71 bits per heavy atom. The Kier molecular flexibility index (Phi) is 6.02. The van der Waals surface area contributed by atoms with Crippen molar-refractivity contribution in [1.29, 1.82) is 0 Å². The summed E-state index contributed by atoms with van der Waals surface area (Å²) in [4.78, 5) is 28.3. The topological polar surface area (TPSA) is 113 Å². The minimum absolute atomic E-state index is 0.00270. The summed E-state index contributed by atoms with van der Waals surface area (Å²) in [5, 5.41) is 15.9. The highest BCUT2D eigenvalue weighted by atomic mass is 16.5. The van der Waals surface area contributed by atoms with Gasteiger partial charge in [0.05, 0.1) is 25.8 Å². The van der Waals surface area contributed by atoms with Gasteiger partial charge in [-0.15, -0.1) is 0 Å². The summed E-state index contributed by atoms with van der Waals surface area (Å²) < 4.78 is 16.0. The summed E-state index contributed by atoms with van der Waals surface area (Å²) in [6.45, 7) is 4.69. The van der Waals surface area contributed by atoms with Crippen LogP contribution in [0.1, 0.15) is 36.6 Å². The lowest BCUT2D eigenvalue weighted by Gasteiger charge is -2.43. The van der Waals surface area contributed by atoms with Crippen LogP contribution in [0.4, 0.5) is 0 Å². The fourth-order valence-corrected chi connectivity index (χ4v) is 3.96. The number of rotatable bonds is 8. The lowest BCUT2D eigenvalue weighted by atomic mass is 9.75. The molecule has 0 aliphatic carbocycles. The van der Waals surface area contributed by atoms with Crippen LogP contribution in [0, 0.1) is 0 Å². The monoisotopic (exact) mass is 389 g/mol. The number of aromatic amines is 1. The smallest absolute Gasteiger partial charge is 0.333 e. The lowest BCUT2D eigenvalue weighted by Crippen LogP contribution is -2.69. The van der Waals surface area contributed by atoms with Crippen molar-refractivity contribution in [3.05, 3.63) is 35.0 Å². The van der Waals surface area contributed by atoms with Crippen LogP contribution in [0.3, 0.4) is 0 Å². The largest absolute Gasteiger partial charge is 0.547 e. The van der Waals surface area contributed by atoms with Crippen molar-refractivity contribution in [2.45, 2.75) is 38.5 Å². The Labute approximate surface area is 163 Å². The second kappa shape index (κ2) is 8.30. The van der Waals surface area contributed by atoms with Gasteiger partial charge >= 0.3 is 5.97 Å². The summed E-state index contributed by atoms with van der Waals surface area (Å²) in [6.07, 6.45) is 0. The standard InChI is InChI=1S/C20H26N2O6/c1-4-27-10-12-7-6-8-14-16(12)17-13(11-26-3)20(18(23)24,19(25)28-5-2)21-9-15(17)22-14/h6-8,13,21-22H,4-5,9-11H2,1-3H3,(H,23,24)/p-1. The van der Waals surface area contributed by atoms with Crippen LogP contribution >= 0.6 is 0 Å². The molecule has 8 heteroatoms. The van der Waals surface area contributed by atoms with E-state index in [0.717, 1.165) is 27.7 Å². The van der Waals surface area contributed by atoms with Gasteiger partial charge < -0.3 is 29.1 Å². The molecule has 0 saturated carbocycles. The predicted octanol–water partition coefficient (Wildman–Crippen LogP) is 0.589. The van der Waals surface area contributed by atoms with Crippen LogP contribution in [0.2, 0.25) is 0 Å². The highest BCUT2D eigenvalue weighted by molar-refractivity contribution is 6.06. The molecule has 2 N–H and O–H groups in total. The molecule has 0 spiro atoms. The number of aromatic nitrogens is 1. The summed E-state index contributed by atoms with van der Waals surface area (Å²) in [6, 6.07) is 5.76. The molecule has 28 heavy (non-hydrogen) atoms. The molecule has 1 aromatic heterocycles. The summed E-state index contributed by atoms with van der Waals surface area (Å²) in [5.41, 5.74) is 1.26. The number of nitrogens with one attached hydrogen (secondary N) is 2. The molecule has 0 amide bonds. The van der Waals surface area contributed by atoms with E-state index in [-0.39, 0.29) is 19.8 Å². The average molecular weight is 389 g/mol. The van der Waals surface area contributed by atoms with Gasteiger partial charge in [-0.2, -0.15) is 0 Å². The first kappa shape index (κ1) is 20.3. The molecule has 2 unspecified atom stereocenters. The number of carbonyl (C=O) groups excluding carboxylic acids is 2. The number of fused-ring (bicyclic) bond motifs is 3. The van der Waals surface area contributed by atoms with Gasteiger partial charge in [0.2, 0.25) is 0 Å². The zero-order chi connectivity index (χ0) is 20.3. The Balaban J connectivity index is 2.24. The van der Waals surface area contributed by atoms with E-state index >= 15 is 0 Å². The fraction of sp³-hybridized carbons (Fsp3) is 0.500. The number of esters is 1. The first-order valence-corrected chi connectivity index (χ1v) is 9.33. The van der Waals surface area contributed by atoms with Crippen LogP contribution in [-0.4, -0.2) is 49.4 Å². The highest BCUT2D eigenvalue weighted by Crippen LogP contribution is 2.42. The van der Waals surface area contributed by atoms with Crippen molar-refractivity contribution < 1.29 is 28.9 Å². The molecule has 1 aromatic carbocycles. The molecule has 2 atom stereocenters. The van der Waals surface area contributed by atoms with E-state index in [1.54, 1.807) is 6.92 Å². The summed E-state index contributed by atoms with van der Waals surface area (Å²) >= 11 is 0. The molecule has 0 saturated heterocycles. The van der Waals surface area contributed by atoms with Crippen molar-refractivity contribution in [2.24, 2.45) is 0 Å². The van der Waals surface area contributed by atoms with Crippen LogP contribution in [0.15, 0.2) is 18.2 Å². The van der Waals surface area contributed by atoms with Crippen LogP contribution in [-0.2, 0) is 37.0 Å². The maximum absolute atomic E-state index is 12.8. The molecule has 0 bridgehead atoms. The molecule has 152 valence electrons. The van der Waals surface area contributed by atoms with Crippen LogP contribution in [0.5, 0.6) is 0 Å². The van der Waals surface area contributed by atoms with E-state index in [9.17, 15) is 14.7 Å². The minimum atomic E-state index is -2.03. The molecular weight excluding hydrogens is 364 g/mol. The minimum Gasteiger partial charge on any atom is -0.547 e. The number of carboxylic acids is 1. The maximum atomic E-state index is 12.8. The number of carboxylic acid groups (broad SMARTS) is 1. The zero-order valence-electron chi connectivity index (χ0n) is 16.3. The van der Waals surface area contributed by atoms with Gasteiger partial charge in [0, 0.05) is 42.8 Å². The molecule has 0 radical (unpaired) electrons. The Bertz CT molecular complexity index is 877. The number of benzene rings is 1. The third kappa shape index (κ3) is 3.17. The molecule has 3 rings (SSSR count). The molecule has 0 fully saturated rings. The number of methoxy groups -OCH3 is 1. The van der Waals surface area contributed by atoms with Crippen LogP contribution in [0.25, 0.3) is 10.9 Å². The van der Waals surface area contributed by atoms with Crippen LogP contribution < -0.4 is 10.4 Å². The maximum Gasteiger partial charge on any atom is 0.333 e. The van der Waals surface area contributed by atoms with E-state index in [4.69, 9.17) is 14.2 Å². The Morgan fingerprint density at radius 2 is 2.07 bits per heavy atom. The number of carbonyl (C=O) groups is 2. The Hall–Kier alpha value is -2.42. The van der Waals surface area contributed by atoms with E-state index < -0.39 is 23.4 Å². The molecule has 2 aromatic rings. The van der Waals surface area contributed by atoms with E-state index in [1.165, 1.54) is 7.11 Å². The summed E-state index contributed by atoms with van der Waals surface area (Å²) in [7, 11) is 1.47. The average Bonchev–Trinajstić information content (AvgIpc) is 3.06. The molecular formula is C20H25N2O6-. The quantitative estimate of drug-likeness (QED) is 0.502. The van der Waals surface area contributed by atoms with E-state index in [2.05, 4.69) is 10.3 Å². The predicted molar refractivity (Wildman–Crippen MR) is 99.5 cm³/mol. The molecule has 1 aliphatic rings. The van der Waals surface area contributed by atoms with Crippen molar-refractivity contribution in [2.75, 3.05) is 26.9 Å². The van der Waals surface area contributed by atoms with Gasteiger partial charge in [0.25, 0.3) is 0 Å².